The molecule has 0 aliphatic rings. The van der Waals surface area contributed by atoms with Crippen molar-refractivity contribution in [2.24, 2.45) is 0 Å². The second kappa shape index (κ2) is 10.2. The molecular formula is C21H25NO4. The molecule has 0 saturated carbocycles. The number of ether oxygens (including phenoxy) is 2. The zero-order valence-electron chi connectivity index (χ0n) is 15.3. The molecule has 5 nitrogen and oxygen atoms in total. The molecule has 0 aliphatic heterocycles. The highest BCUT2D eigenvalue weighted by molar-refractivity contribution is 5.92. The van der Waals surface area contributed by atoms with E-state index in [1.165, 1.54) is 11.1 Å². The molecule has 1 N–H and O–H groups in total. The Bertz CT molecular complexity index is 708. The van der Waals surface area contributed by atoms with Crippen molar-refractivity contribution < 1.29 is 19.1 Å². The van der Waals surface area contributed by atoms with Gasteiger partial charge in [0.25, 0.3) is 5.91 Å². The third-order valence-electron chi connectivity index (χ3n) is 3.83. The summed E-state index contributed by atoms with van der Waals surface area (Å²) >= 11 is 0. The van der Waals surface area contributed by atoms with Gasteiger partial charge in [-0.1, -0.05) is 36.8 Å². The number of aryl methyl sites for hydroxylation is 2. The number of hydrogen-bond donors (Lipinski definition) is 1. The van der Waals surface area contributed by atoms with Crippen LogP contribution in [0.15, 0.2) is 48.5 Å². The molecule has 0 unspecified atom stereocenters. The van der Waals surface area contributed by atoms with Crippen LogP contribution in [0.25, 0.3) is 0 Å². The summed E-state index contributed by atoms with van der Waals surface area (Å²) in [5.74, 6) is 0.0185. The fraction of sp³-hybridized carbons (Fsp3) is 0.333. The Kier molecular flexibility index (Phi) is 7.68. The Morgan fingerprint density at radius 1 is 1.00 bits per heavy atom. The van der Waals surface area contributed by atoms with Gasteiger partial charge in [0.2, 0.25) is 0 Å². The molecule has 138 valence electrons. The lowest BCUT2D eigenvalue weighted by Gasteiger charge is -2.08. The molecule has 0 fully saturated rings. The molecule has 5 heteroatoms. The van der Waals surface area contributed by atoms with Gasteiger partial charge >= 0.3 is 5.97 Å². The molecule has 1 amide bonds. The van der Waals surface area contributed by atoms with Crippen molar-refractivity contribution in [3.8, 4) is 5.75 Å². The quantitative estimate of drug-likeness (QED) is 0.547. The first-order chi connectivity index (χ1) is 12.6. The second-order valence-corrected chi connectivity index (χ2v) is 6.02. The number of carbonyl (C=O) groups is 2. The van der Waals surface area contributed by atoms with Crippen molar-refractivity contribution in [2.75, 3.05) is 18.5 Å². The molecule has 2 rings (SSSR count). The predicted molar refractivity (Wildman–Crippen MR) is 101 cm³/mol. The van der Waals surface area contributed by atoms with E-state index in [9.17, 15) is 9.59 Å². The lowest BCUT2D eigenvalue weighted by atomic mass is 10.1. The Morgan fingerprint density at radius 3 is 2.35 bits per heavy atom. The van der Waals surface area contributed by atoms with E-state index in [4.69, 9.17) is 9.47 Å². The van der Waals surface area contributed by atoms with Gasteiger partial charge in [0.15, 0.2) is 6.61 Å². The lowest BCUT2D eigenvalue weighted by Crippen LogP contribution is -2.21. The van der Waals surface area contributed by atoms with Crippen LogP contribution in [0.3, 0.4) is 0 Å². The predicted octanol–water partition coefficient (Wildman–Crippen LogP) is 3.90. The average Bonchev–Trinajstić information content (AvgIpc) is 2.65. The number of benzene rings is 2. The standard InChI is InChI=1S/C21H25NO4/c1-3-17-8-10-18(11-9-17)22-20(23)15-26-21(24)5-4-14-25-19-12-6-16(2)7-13-19/h6-13H,3-5,14-15H2,1-2H3,(H,22,23). The summed E-state index contributed by atoms with van der Waals surface area (Å²) in [6, 6.07) is 15.3. The maximum Gasteiger partial charge on any atom is 0.306 e. The third kappa shape index (κ3) is 6.97. The molecule has 0 heterocycles. The minimum Gasteiger partial charge on any atom is -0.494 e. The van der Waals surface area contributed by atoms with Crippen LogP contribution >= 0.6 is 0 Å². The van der Waals surface area contributed by atoms with Gasteiger partial charge in [-0.25, -0.2) is 0 Å². The highest BCUT2D eigenvalue weighted by Gasteiger charge is 2.08. The number of anilines is 1. The van der Waals surface area contributed by atoms with Gasteiger partial charge in [-0.3, -0.25) is 9.59 Å². The number of carbonyl (C=O) groups excluding carboxylic acids is 2. The van der Waals surface area contributed by atoms with Crippen molar-refractivity contribution in [3.63, 3.8) is 0 Å². The summed E-state index contributed by atoms with van der Waals surface area (Å²) in [6.07, 6.45) is 1.69. The highest BCUT2D eigenvalue weighted by atomic mass is 16.5. The van der Waals surface area contributed by atoms with Crippen molar-refractivity contribution in [1.82, 2.24) is 0 Å². The van der Waals surface area contributed by atoms with Gasteiger partial charge in [-0.2, -0.15) is 0 Å². The Balaban J connectivity index is 1.60. The average molecular weight is 355 g/mol. The second-order valence-electron chi connectivity index (χ2n) is 6.02. The van der Waals surface area contributed by atoms with E-state index in [2.05, 4.69) is 12.2 Å². The third-order valence-corrected chi connectivity index (χ3v) is 3.83. The molecule has 0 spiro atoms. The highest BCUT2D eigenvalue weighted by Crippen LogP contribution is 2.12. The van der Waals surface area contributed by atoms with Crippen molar-refractivity contribution in [2.45, 2.75) is 33.1 Å². The van der Waals surface area contributed by atoms with Gasteiger partial charge < -0.3 is 14.8 Å². The molecule has 26 heavy (non-hydrogen) atoms. The maximum absolute atomic E-state index is 11.8. The van der Waals surface area contributed by atoms with E-state index in [1.807, 2.05) is 55.5 Å². The first kappa shape index (κ1) is 19.5. The molecule has 0 atom stereocenters. The van der Waals surface area contributed by atoms with Crippen LogP contribution in [0.1, 0.15) is 30.9 Å². The molecule has 0 saturated heterocycles. The number of rotatable bonds is 9. The molecular weight excluding hydrogens is 330 g/mol. The summed E-state index contributed by atoms with van der Waals surface area (Å²) in [5, 5.41) is 2.70. The summed E-state index contributed by atoms with van der Waals surface area (Å²) in [7, 11) is 0. The van der Waals surface area contributed by atoms with Gasteiger partial charge in [-0.15, -0.1) is 0 Å². The topological polar surface area (TPSA) is 64.6 Å². The van der Waals surface area contributed by atoms with Crippen LogP contribution in [-0.4, -0.2) is 25.1 Å². The number of nitrogens with one attached hydrogen (secondary N) is 1. The van der Waals surface area contributed by atoms with Crippen molar-refractivity contribution >= 4 is 17.6 Å². The minimum atomic E-state index is -0.408. The van der Waals surface area contributed by atoms with E-state index in [-0.39, 0.29) is 18.9 Å². The molecule has 2 aromatic carbocycles. The summed E-state index contributed by atoms with van der Waals surface area (Å²) in [5.41, 5.74) is 3.05. The molecule has 0 aromatic heterocycles. The van der Waals surface area contributed by atoms with Gasteiger partial charge in [0.05, 0.1) is 6.61 Å². The molecule has 0 bridgehead atoms. The van der Waals surface area contributed by atoms with Crippen molar-refractivity contribution in [1.29, 1.82) is 0 Å². The van der Waals surface area contributed by atoms with Crippen LogP contribution < -0.4 is 10.1 Å². The maximum atomic E-state index is 11.8. The Hall–Kier alpha value is -2.82. The minimum absolute atomic E-state index is 0.213. The lowest BCUT2D eigenvalue weighted by molar-refractivity contribution is -0.147. The SMILES string of the molecule is CCc1ccc(NC(=O)COC(=O)CCCOc2ccc(C)cc2)cc1. The zero-order valence-corrected chi connectivity index (χ0v) is 15.3. The number of esters is 1. The first-order valence-electron chi connectivity index (χ1n) is 8.80. The zero-order chi connectivity index (χ0) is 18.8. The normalized spacial score (nSPS) is 10.2. The van der Waals surface area contributed by atoms with Crippen LogP contribution in [0.2, 0.25) is 0 Å². The smallest absolute Gasteiger partial charge is 0.306 e. The van der Waals surface area contributed by atoms with E-state index in [0.717, 1.165) is 12.2 Å². The van der Waals surface area contributed by atoms with E-state index >= 15 is 0 Å². The van der Waals surface area contributed by atoms with Crippen LogP contribution in [0, 0.1) is 6.92 Å². The summed E-state index contributed by atoms with van der Waals surface area (Å²) in [6.45, 7) is 4.22. The number of hydrogen-bond acceptors (Lipinski definition) is 4. The van der Waals surface area contributed by atoms with Crippen LogP contribution in [0.5, 0.6) is 5.75 Å². The number of amides is 1. The van der Waals surface area contributed by atoms with Crippen LogP contribution in [0.4, 0.5) is 5.69 Å². The summed E-state index contributed by atoms with van der Waals surface area (Å²) < 4.78 is 10.5. The molecule has 0 aliphatic carbocycles. The monoisotopic (exact) mass is 355 g/mol. The summed E-state index contributed by atoms with van der Waals surface area (Å²) in [4.78, 5) is 23.5. The Labute approximate surface area is 154 Å². The molecule has 0 radical (unpaired) electrons. The van der Waals surface area contributed by atoms with Crippen molar-refractivity contribution in [3.05, 3.63) is 59.7 Å². The van der Waals surface area contributed by atoms with E-state index in [1.54, 1.807) is 0 Å². The van der Waals surface area contributed by atoms with Gasteiger partial charge in [0, 0.05) is 12.1 Å². The largest absolute Gasteiger partial charge is 0.494 e. The fourth-order valence-electron chi connectivity index (χ4n) is 2.28. The van der Waals surface area contributed by atoms with Gasteiger partial charge in [0.1, 0.15) is 5.75 Å². The van der Waals surface area contributed by atoms with E-state index in [0.29, 0.717) is 18.7 Å². The first-order valence-corrected chi connectivity index (χ1v) is 8.80. The molecule has 2 aromatic rings. The van der Waals surface area contributed by atoms with Crippen LogP contribution in [-0.2, 0) is 20.7 Å². The Morgan fingerprint density at radius 2 is 1.69 bits per heavy atom. The van der Waals surface area contributed by atoms with E-state index < -0.39 is 5.97 Å². The fourth-order valence-corrected chi connectivity index (χ4v) is 2.28. The van der Waals surface area contributed by atoms with Gasteiger partial charge in [-0.05, 0) is 49.6 Å².